The zero-order chi connectivity index (χ0) is 12.9. The van der Waals surface area contributed by atoms with Gasteiger partial charge >= 0.3 is 0 Å². The van der Waals surface area contributed by atoms with Gasteiger partial charge in [0.05, 0.1) is 5.54 Å². The highest BCUT2D eigenvalue weighted by Gasteiger charge is 2.25. The fraction of sp³-hybridized carbons (Fsp3) is 0.923. The van der Waals surface area contributed by atoms with Gasteiger partial charge in [0.25, 0.3) is 0 Å². The molecule has 0 radical (unpaired) electrons. The first-order valence-corrected chi connectivity index (χ1v) is 6.80. The van der Waals surface area contributed by atoms with Crippen molar-refractivity contribution in [1.82, 2.24) is 4.90 Å². The zero-order valence-corrected chi connectivity index (χ0v) is 11.2. The van der Waals surface area contributed by atoms with Crippen LogP contribution in [0.2, 0.25) is 0 Å². The van der Waals surface area contributed by atoms with Crippen LogP contribution in [0.15, 0.2) is 0 Å². The summed E-state index contributed by atoms with van der Waals surface area (Å²) in [4.78, 5) is 13.6. The number of carbonyl (C=O) groups excluding carboxylic acids is 1. The molecule has 0 aromatic rings. The van der Waals surface area contributed by atoms with Crippen LogP contribution in [0.1, 0.15) is 52.4 Å². The van der Waals surface area contributed by atoms with E-state index in [1.165, 1.54) is 25.8 Å². The molecule has 0 aromatic carbocycles. The second-order valence-electron chi connectivity index (χ2n) is 5.48. The predicted octanol–water partition coefficient (Wildman–Crippen LogP) is 1.23. The van der Waals surface area contributed by atoms with Gasteiger partial charge in [0.15, 0.2) is 0 Å². The van der Waals surface area contributed by atoms with Gasteiger partial charge in [0.1, 0.15) is 0 Å². The Morgan fingerprint density at radius 3 is 2.76 bits per heavy atom. The smallest absolute Gasteiger partial charge is 0.237 e. The van der Waals surface area contributed by atoms with Crippen molar-refractivity contribution in [2.75, 3.05) is 13.1 Å². The minimum absolute atomic E-state index is 0.398. The molecule has 1 saturated heterocycles. The molecule has 2 unspecified atom stereocenters. The molecule has 4 heteroatoms. The van der Waals surface area contributed by atoms with E-state index in [9.17, 15) is 4.79 Å². The number of unbranched alkanes of at least 4 members (excludes halogenated alkanes) is 1. The minimum Gasteiger partial charge on any atom is -0.368 e. The topological polar surface area (TPSA) is 72.3 Å². The fourth-order valence-corrected chi connectivity index (χ4v) is 2.58. The molecule has 1 fully saturated rings. The standard InChI is InChI=1S/C13H27N3O/c1-3-11-7-6-10-16(11)9-5-4-8-13(2,15)12(14)17/h11H,3-10,15H2,1-2H3,(H2,14,17). The molecule has 0 bridgehead atoms. The van der Waals surface area contributed by atoms with E-state index in [1.807, 2.05) is 0 Å². The lowest BCUT2D eigenvalue weighted by Crippen LogP contribution is -2.49. The number of rotatable bonds is 7. The summed E-state index contributed by atoms with van der Waals surface area (Å²) in [6.07, 6.45) is 6.68. The van der Waals surface area contributed by atoms with E-state index in [0.29, 0.717) is 6.42 Å². The molecular weight excluding hydrogens is 214 g/mol. The van der Waals surface area contributed by atoms with Gasteiger partial charge < -0.3 is 16.4 Å². The minimum atomic E-state index is -0.838. The molecule has 0 aromatic heterocycles. The highest BCUT2D eigenvalue weighted by molar-refractivity contribution is 5.83. The summed E-state index contributed by atoms with van der Waals surface area (Å²) in [5.74, 6) is -0.398. The summed E-state index contributed by atoms with van der Waals surface area (Å²) < 4.78 is 0. The van der Waals surface area contributed by atoms with E-state index >= 15 is 0 Å². The number of hydrogen-bond donors (Lipinski definition) is 2. The summed E-state index contributed by atoms with van der Waals surface area (Å²) >= 11 is 0. The van der Waals surface area contributed by atoms with Crippen molar-refractivity contribution in [2.45, 2.75) is 64.0 Å². The molecule has 0 saturated carbocycles. The van der Waals surface area contributed by atoms with E-state index in [1.54, 1.807) is 6.92 Å². The highest BCUT2D eigenvalue weighted by Crippen LogP contribution is 2.20. The second kappa shape index (κ2) is 6.36. The van der Waals surface area contributed by atoms with Crippen LogP contribution >= 0.6 is 0 Å². The van der Waals surface area contributed by atoms with E-state index in [0.717, 1.165) is 25.4 Å². The summed E-state index contributed by atoms with van der Waals surface area (Å²) in [5, 5.41) is 0. The first-order valence-electron chi connectivity index (χ1n) is 6.80. The number of nitrogens with zero attached hydrogens (tertiary/aromatic N) is 1. The Morgan fingerprint density at radius 2 is 2.18 bits per heavy atom. The molecule has 17 heavy (non-hydrogen) atoms. The maximum Gasteiger partial charge on any atom is 0.237 e. The normalized spacial score (nSPS) is 24.8. The van der Waals surface area contributed by atoms with Gasteiger partial charge in [0, 0.05) is 6.04 Å². The molecule has 1 aliphatic heterocycles. The van der Waals surface area contributed by atoms with Crippen molar-refractivity contribution in [1.29, 1.82) is 0 Å². The largest absolute Gasteiger partial charge is 0.368 e. The van der Waals surface area contributed by atoms with Crippen LogP contribution in [-0.2, 0) is 4.79 Å². The third-order valence-corrected chi connectivity index (χ3v) is 3.92. The molecule has 100 valence electrons. The third-order valence-electron chi connectivity index (χ3n) is 3.92. The monoisotopic (exact) mass is 241 g/mol. The quantitative estimate of drug-likeness (QED) is 0.659. The molecular formula is C13H27N3O. The van der Waals surface area contributed by atoms with Gasteiger partial charge in [-0.15, -0.1) is 0 Å². The molecule has 1 aliphatic rings. The number of hydrogen-bond acceptors (Lipinski definition) is 3. The molecule has 1 heterocycles. The van der Waals surface area contributed by atoms with Crippen LogP contribution in [0.5, 0.6) is 0 Å². The lowest BCUT2D eigenvalue weighted by atomic mass is 9.95. The van der Waals surface area contributed by atoms with E-state index in [-0.39, 0.29) is 0 Å². The number of carbonyl (C=O) groups is 1. The Hall–Kier alpha value is -0.610. The van der Waals surface area contributed by atoms with Crippen molar-refractivity contribution in [3.05, 3.63) is 0 Å². The predicted molar refractivity (Wildman–Crippen MR) is 70.5 cm³/mol. The van der Waals surface area contributed by atoms with Crippen molar-refractivity contribution in [3.8, 4) is 0 Å². The van der Waals surface area contributed by atoms with Crippen molar-refractivity contribution in [2.24, 2.45) is 11.5 Å². The average Bonchev–Trinajstić information content (AvgIpc) is 2.71. The Bertz CT molecular complexity index is 253. The number of amides is 1. The zero-order valence-electron chi connectivity index (χ0n) is 11.2. The summed E-state index contributed by atoms with van der Waals surface area (Å²) in [6, 6.07) is 0.774. The number of primary amides is 1. The molecule has 0 aliphatic carbocycles. The summed E-state index contributed by atoms with van der Waals surface area (Å²) in [5.41, 5.74) is 10.2. The first kappa shape index (κ1) is 14.5. The van der Waals surface area contributed by atoms with Crippen LogP contribution in [-0.4, -0.2) is 35.5 Å². The van der Waals surface area contributed by atoms with Gasteiger partial charge in [-0.2, -0.15) is 0 Å². The Balaban J connectivity index is 2.18. The maximum atomic E-state index is 11.1. The summed E-state index contributed by atoms with van der Waals surface area (Å²) in [6.45, 7) is 6.34. The molecule has 2 atom stereocenters. The van der Waals surface area contributed by atoms with E-state index < -0.39 is 11.4 Å². The number of likely N-dealkylation sites (tertiary alicyclic amines) is 1. The van der Waals surface area contributed by atoms with Crippen molar-refractivity contribution < 1.29 is 4.79 Å². The lowest BCUT2D eigenvalue weighted by molar-refractivity contribution is -0.122. The third kappa shape index (κ3) is 4.28. The Kier molecular flexibility index (Phi) is 5.40. The fourth-order valence-electron chi connectivity index (χ4n) is 2.58. The van der Waals surface area contributed by atoms with Gasteiger partial charge in [-0.05, 0) is 58.5 Å². The number of nitrogens with two attached hydrogens (primary N) is 2. The molecule has 4 nitrogen and oxygen atoms in total. The van der Waals surface area contributed by atoms with Crippen LogP contribution in [0.25, 0.3) is 0 Å². The molecule has 0 spiro atoms. The average molecular weight is 241 g/mol. The molecule has 1 amide bonds. The maximum absolute atomic E-state index is 11.1. The molecule has 4 N–H and O–H groups in total. The molecule has 1 rings (SSSR count). The Morgan fingerprint density at radius 1 is 1.47 bits per heavy atom. The highest BCUT2D eigenvalue weighted by atomic mass is 16.1. The van der Waals surface area contributed by atoms with E-state index in [4.69, 9.17) is 11.5 Å². The van der Waals surface area contributed by atoms with Crippen molar-refractivity contribution >= 4 is 5.91 Å². The van der Waals surface area contributed by atoms with Gasteiger partial charge in [-0.3, -0.25) is 4.79 Å². The second-order valence-corrected chi connectivity index (χ2v) is 5.48. The Labute approximate surface area is 105 Å². The van der Waals surface area contributed by atoms with Crippen LogP contribution in [0.3, 0.4) is 0 Å². The SMILES string of the molecule is CCC1CCCN1CCCCC(C)(N)C(N)=O. The first-order chi connectivity index (χ1) is 7.97. The van der Waals surface area contributed by atoms with E-state index in [2.05, 4.69) is 11.8 Å². The van der Waals surface area contributed by atoms with Crippen molar-refractivity contribution in [3.63, 3.8) is 0 Å². The lowest BCUT2D eigenvalue weighted by Gasteiger charge is -2.24. The van der Waals surface area contributed by atoms with Gasteiger partial charge in [0.2, 0.25) is 5.91 Å². The van der Waals surface area contributed by atoms with Crippen LogP contribution in [0.4, 0.5) is 0 Å². The van der Waals surface area contributed by atoms with Gasteiger partial charge in [-0.1, -0.05) is 6.92 Å². The van der Waals surface area contributed by atoms with Crippen LogP contribution < -0.4 is 11.5 Å². The summed E-state index contributed by atoms with van der Waals surface area (Å²) in [7, 11) is 0. The van der Waals surface area contributed by atoms with Crippen LogP contribution in [0, 0.1) is 0 Å². The van der Waals surface area contributed by atoms with Gasteiger partial charge in [-0.25, -0.2) is 0 Å².